The molecule has 20 heavy (non-hydrogen) atoms. The summed E-state index contributed by atoms with van der Waals surface area (Å²) in [6.45, 7) is 2.12. The summed E-state index contributed by atoms with van der Waals surface area (Å²) in [4.78, 5) is 20.8. The predicted octanol–water partition coefficient (Wildman–Crippen LogP) is 2.65. The fourth-order valence-electron chi connectivity index (χ4n) is 1.58. The standard InChI is InChI=1S/C14H14FN3O2/c1-2-20-18-14(19)12-7-4-8-16-13(12)17-11-6-3-5-10(15)9-11/h3-9H,2H2,1H3,(H,16,17)(H,18,19). The maximum absolute atomic E-state index is 13.1. The fraction of sp³-hybridized carbons (Fsp3) is 0.143. The quantitative estimate of drug-likeness (QED) is 0.823. The molecule has 2 aromatic rings. The molecule has 5 nitrogen and oxygen atoms in total. The molecule has 2 N–H and O–H groups in total. The van der Waals surface area contributed by atoms with Crippen LogP contribution in [0.2, 0.25) is 0 Å². The smallest absolute Gasteiger partial charge is 0.278 e. The van der Waals surface area contributed by atoms with Crippen LogP contribution in [0, 0.1) is 5.82 Å². The molecule has 1 aromatic carbocycles. The fourth-order valence-corrected chi connectivity index (χ4v) is 1.58. The van der Waals surface area contributed by atoms with Crippen LogP contribution in [-0.4, -0.2) is 17.5 Å². The van der Waals surface area contributed by atoms with Gasteiger partial charge in [-0.15, -0.1) is 0 Å². The summed E-state index contributed by atoms with van der Waals surface area (Å²) in [5.74, 6) is -0.458. The van der Waals surface area contributed by atoms with Gasteiger partial charge in [-0.3, -0.25) is 9.63 Å². The van der Waals surface area contributed by atoms with Crippen LogP contribution >= 0.6 is 0 Å². The molecule has 0 atom stereocenters. The van der Waals surface area contributed by atoms with E-state index in [0.29, 0.717) is 23.7 Å². The number of carbonyl (C=O) groups excluding carboxylic acids is 1. The molecule has 0 unspecified atom stereocenters. The number of pyridine rings is 1. The van der Waals surface area contributed by atoms with Gasteiger partial charge < -0.3 is 5.32 Å². The van der Waals surface area contributed by atoms with Crippen molar-refractivity contribution in [3.8, 4) is 0 Å². The monoisotopic (exact) mass is 275 g/mol. The lowest BCUT2D eigenvalue weighted by Crippen LogP contribution is -2.24. The molecule has 0 saturated heterocycles. The van der Waals surface area contributed by atoms with Gasteiger partial charge in [-0.25, -0.2) is 14.9 Å². The van der Waals surface area contributed by atoms with E-state index in [0.717, 1.165) is 0 Å². The zero-order chi connectivity index (χ0) is 14.4. The molecule has 0 bridgehead atoms. The molecule has 0 aliphatic carbocycles. The summed E-state index contributed by atoms with van der Waals surface area (Å²) in [5, 5.41) is 2.90. The van der Waals surface area contributed by atoms with Crippen molar-refractivity contribution in [1.82, 2.24) is 10.5 Å². The minimum Gasteiger partial charge on any atom is -0.339 e. The molecule has 0 aliphatic rings. The van der Waals surface area contributed by atoms with E-state index in [4.69, 9.17) is 4.84 Å². The minimum absolute atomic E-state index is 0.310. The van der Waals surface area contributed by atoms with Crippen LogP contribution in [0.3, 0.4) is 0 Å². The minimum atomic E-state index is -0.418. The van der Waals surface area contributed by atoms with Crippen molar-refractivity contribution in [3.05, 3.63) is 54.0 Å². The van der Waals surface area contributed by atoms with Gasteiger partial charge >= 0.3 is 0 Å². The Morgan fingerprint density at radius 2 is 2.20 bits per heavy atom. The summed E-state index contributed by atoms with van der Waals surface area (Å²) in [7, 11) is 0. The van der Waals surface area contributed by atoms with Crippen molar-refractivity contribution in [3.63, 3.8) is 0 Å². The highest BCUT2D eigenvalue weighted by atomic mass is 19.1. The lowest BCUT2D eigenvalue weighted by molar-refractivity contribution is 0.0365. The van der Waals surface area contributed by atoms with E-state index >= 15 is 0 Å². The second-order valence-electron chi connectivity index (χ2n) is 3.90. The second-order valence-corrected chi connectivity index (χ2v) is 3.90. The lowest BCUT2D eigenvalue weighted by Gasteiger charge is -2.10. The van der Waals surface area contributed by atoms with Crippen molar-refractivity contribution in [2.24, 2.45) is 0 Å². The van der Waals surface area contributed by atoms with Crippen molar-refractivity contribution in [2.45, 2.75) is 6.92 Å². The Morgan fingerprint density at radius 3 is 2.95 bits per heavy atom. The summed E-state index contributed by atoms with van der Waals surface area (Å²) in [6.07, 6.45) is 1.54. The Balaban J connectivity index is 2.21. The van der Waals surface area contributed by atoms with Crippen LogP contribution in [0.1, 0.15) is 17.3 Å². The van der Waals surface area contributed by atoms with E-state index in [1.165, 1.54) is 12.1 Å². The number of anilines is 2. The van der Waals surface area contributed by atoms with Gasteiger partial charge in [0.1, 0.15) is 11.6 Å². The molecule has 1 aromatic heterocycles. The van der Waals surface area contributed by atoms with E-state index < -0.39 is 5.91 Å². The molecule has 0 aliphatic heterocycles. The number of aromatic nitrogens is 1. The van der Waals surface area contributed by atoms with Gasteiger partial charge in [-0.2, -0.15) is 0 Å². The zero-order valence-electron chi connectivity index (χ0n) is 10.9. The number of amides is 1. The summed E-state index contributed by atoms with van der Waals surface area (Å²) >= 11 is 0. The Hall–Kier alpha value is -2.47. The number of hydroxylamine groups is 1. The zero-order valence-corrected chi connectivity index (χ0v) is 10.9. The number of benzene rings is 1. The normalized spacial score (nSPS) is 10.1. The molecule has 0 fully saturated rings. The molecular formula is C14H14FN3O2. The van der Waals surface area contributed by atoms with Gasteiger partial charge in [0, 0.05) is 11.9 Å². The SMILES string of the molecule is CCONC(=O)c1cccnc1Nc1cccc(F)c1. The van der Waals surface area contributed by atoms with Crippen molar-refractivity contribution in [2.75, 3.05) is 11.9 Å². The predicted molar refractivity (Wildman–Crippen MR) is 73.0 cm³/mol. The average Bonchev–Trinajstić information content (AvgIpc) is 2.45. The van der Waals surface area contributed by atoms with Gasteiger partial charge in [0.25, 0.3) is 5.91 Å². The van der Waals surface area contributed by atoms with E-state index in [-0.39, 0.29) is 5.82 Å². The molecular weight excluding hydrogens is 261 g/mol. The number of nitrogens with one attached hydrogen (secondary N) is 2. The van der Waals surface area contributed by atoms with Crippen LogP contribution in [0.5, 0.6) is 0 Å². The third kappa shape index (κ3) is 3.52. The van der Waals surface area contributed by atoms with Gasteiger partial charge in [0.15, 0.2) is 0 Å². The van der Waals surface area contributed by atoms with Crippen molar-refractivity contribution in [1.29, 1.82) is 0 Å². The van der Waals surface area contributed by atoms with E-state index in [1.807, 2.05) is 0 Å². The largest absolute Gasteiger partial charge is 0.339 e. The van der Waals surface area contributed by atoms with Gasteiger partial charge in [-0.05, 0) is 37.3 Å². The topological polar surface area (TPSA) is 63.2 Å². The molecule has 104 valence electrons. The van der Waals surface area contributed by atoms with Crippen LogP contribution < -0.4 is 10.8 Å². The highest BCUT2D eigenvalue weighted by Gasteiger charge is 2.12. The van der Waals surface area contributed by atoms with Crippen LogP contribution in [-0.2, 0) is 4.84 Å². The van der Waals surface area contributed by atoms with Crippen LogP contribution in [0.25, 0.3) is 0 Å². The molecule has 1 heterocycles. The first-order chi connectivity index (χ1) is 9.70. The number of hydrogen-bond donors (Lipinski definition) is 2. The number of carbonyl (C=O) groups is 1. The number of halogens is 1. The number of nitrogens with zero attached hydrogens (tertiary/aromatic N) is 1. The van der Waals surface area contributed by atoms with Gasteiger partial charge in [0.2, 0.25) is 0 Å². The lowest BCUT2D eigenvalue weighted by atomic mass is 10.2. The first kappa shape index (κ1) is 14.0. The highest BCUT2D eigenvalue weighted by Crippen LogP contribution is 2.19. The number of rotatable bonds is 5. The first-order valence-electron chi connectivity index (χ1n) is 6.10. The van der Waals surface area contributed by atoms with E-state index in [2.05, 4.69) is 15.8 Å². The Bertz CT molecular complexity index is 604. The summed E-state index contributed by atoms with van der Waals surface area (Å²) < 4.78 is 13.1. The highest BCUT2D eigenvalue weighted by molar-refractivity contribution is 5.98. The maximum atomic E-state index is 13.1. The molecule has 0 spiro atoms. The third-order valence-corrected chi connectivity index (χ3v) is 2.45. The molecule has 0 saturated carbocycles. The van der Waals surface area contributed by atoms with Gasteiger partial charge in [-0.1, -0.05) is 6.07 Å². The Morgan fingerprint density at radius 1 is 1.35 bits per heavy atom. The van der Waals surface area contributed by atoms with Crippen LogP contribution in [0.4, 0.5) is 15.9 Å². The first-order valence-corrected chi connectivity index (χ1v) is 6.10. The van der Waals surface area contributed by atoms with Crippen molar-refractivity contribution >= 4 is 17.4 Å². The van der Waals surface area contributed by atoms with Crippen LogP contribution in [0.15, 0.2) is 42.6 Å². The third-order valence-electron chi connectivity index (χ3n) is 2.45. The summed E-state index contributed by atoms with van der Waals surface area (Å²) in [5.41, 5.74) is 3.11. The number of hydrogen-bond acceptors (Lipinski definition) is 4. The molecule has 6 heteroatoms. The van der Waals surface area contributed by atoms with Gasteiger partial charge in [0.05, 0.1) is 12.2 Å². The second kappa shape index (κ2) is 6.63. The molecule has 2 rings (SSSR count). The average molecular weight is 275 g/mol. The Labute approximate surface area is 115 Å². The van der Waals surface area contributed by atoms with E-state index in [1.54, 1.807) is 37.4 Å². The summed E-state index contributed by atoms with van der Waals surface area (Å²) in [6, 6.07) is 9.15. The molecule has 0 radical (unpaired) electrons. The molecule has 1 amide bonds. The van der Waals surface area contributed by atoms with E-state index in [9.17, 15) is 9.18 Å². The van der Waals surface area contributed by atoms with Crippen molar-refractivity contribution < 1.29 is 14.0 Å². The Kier molecular flexibility index (Phi) is 4.62. The maximum Gasteiger partial charge on any atom is 0.278 e.